The third-order valence-electron chi connectivity index (χ3n) is 4.14. The van der Waals surface area contributed by atoms with Crippen molar-refractivity contribution in [2.75, 3.05) is 0 Å². The van der Waals surface area contributed by atoms with Crippen LogP contribution in [0.1, 0.15) is 28.3 Å². The summed E-state index contributed by atoms with van der Waals surface area (Å²) in [5.41, 5.74) is 4.70. The Labute approximate surface area is 149 Å². The van der Waals surface area contributed by atoms with Gasteiger partial charge in [0.25, 0.3) is 0 Å². The molecular formula is C18H14Cl2N4. The average Bonchev–Trinajstić information content (AvgIpc) is 2.81. The van der Waals surface area contributed by atoms with Crippen LogP contribution in [0.5, 0.6) is 0 Å². The van der Waals surface area contributed by atoms with Gasteiger partial charge in [0.05, 0.1) is 11.4 Å². The van der Waals surface area contributed by atoms with Crippen LogP contribution in [-0.4, -0.2) is 20.5 Å². The molecule has 0 aliphatic carbocycles. The maximum absolute atomic E-state index is 6.42. The van der Waals surface area contributed by atoms with Gasteiger partial charge in [0.2, 0.25) is 0 Å². The van der Waals surface area contributed by atoms with Crippen LogP contribution < -0.4 is 0 Å². The van der Waals surface area contributed by atoms with E-state index in [1.54, 1.807) is 0 Å². The minimum atomic E-state index is 0.438. The number of halogens is 2. The molecule has 24 heavy (non-hydrogen) atoms. The maximum atomic E-state index is 6.42. The number of rotatable bonds is 1. The minimum absolute atomic E-state index is 0.438. The summed E-state index contributed by atoms with van der Waals surface area (Å²) in [6.07, 6.45) is 0. The zero-order chi connectivity index (χ0) is 16.8. The number of nitrogens with zero attached hydrogens (tertiary/aromatic N) is 4. The molecule has 0 atom stereocenters. The molecular weight excluding hydrogens is 343 g/mol. The van der Waals surface area contributed by atoms with E-state index < -0.39 is 0 Å². The summed E-state index contributed by atoms with van der Waals surface area (Å²) in [6, 6.07) is 11.6. The minimum Gasteiger partial charge on any atom is -0.281 e. The predicted octanol–water partition coefficient (Wildman–Crippen LogP) is 4.54. The Morgan fingerprint density at radius 3 is 2.58 bits per heavy atom. The van der Waals surface area contributed by atoms with Crippen LogP contribution in [-0.2, 0) is 6.54 Å². The van der Waals surface area contributed by atoms with Crippen LogP contribution in [0.15, 0.2) is 41.4 Å². The smallest absolute Gasteiger partial charge is 0.159 e. The normalized spacial score (nSPS) is 13.1. The van der Waals surface area contributed by atoms with E-state index in [2.05, 4.69) is 10.2 Å². The molecule has 4 rings (SSSR count). The first-order chi connectivity index (χ1) is 11.6. The second kappa shape index (κ2) is 5.72. The Morgan fingerprint density at radius 1 is 1.00 bits per heavy atom. The second-order valence-corrected chi connectivity index (χ2v) is 6.61. The summed E-state index contributed by atoms with van der Waals surface area (Å²) in [6.45, 7) is 4.41. The molecule has 0 amide bonds. The highest BCUT2D eigenvalue weighted by Gasteiger charge is 2.24. The summed E-state index contributed by atoms with van der Waals surface area (Å²) in [5, 5.41) is 9.80. The quantitative estimate of drug-likeness (QED) is 0.642. The van der Waals surface area contributed by atoms with E-state index in [-0.39, 0.29) is 0 Å². The van der Waals surface area contributed by atoms with Gasteiger partial charge in [0, 0.05) is 21.2 Å². The van der Waals surface area contributed by atoms with Gasteiger partial charge in [-0.1, -0.05) is 41.4 Å². The van der Waals surface area contributed by atoms with Crippen LogP contribution >= 0.6 is 23.2 Å². The fourth-order valence-corrected chi connectivity index (χ4v) is 3.63. The van der Waals surface area contributed by atoms with Crippen molar-refractivity contribution in [3.8, 4) is 5.69 Å². The molecule has 1 aliphatic heterocycles. The SMILES string of the molecule is Cc1cc(Cl)cc2c1-n1c(C)nnc1CN=C2c1ccccc1Cl. The summed E-state index contributed by atoms with van der Waals surface area (Å²) in [4.78, 5) is 4.78. The largest absolute Gasteiger partial charge is 0.281 e. The van der Waals surface area contributed by atoms with Crippen molar-refractivity contribution in [3.63, 3.8) is 0 Å². The van der Waals surface area contributed by atoms with E-state index in [1.807, 2.05) is 54.8 Å². The van der Waals surface area contributed by atoms with E-state index in [0.29, 0.717) is 16.6 Å². The van der Waals surface area contributed by atoms with Crippen molar-refractivity contribution in [3.05, 3.63) is 74.8 Å². The number of hydrogen-bond acceptors (Lipinski definition) is 3. The lowest BCUT2D eigenvalue weighted by Gasteiger charge is -2.16. The van der Waals surface area contributed by atoms with Crippen LogP contribution in [0, 0.1) is 13.8 Å². The van der Waals surface area contributed by atoms with Crippen LogP contribution in [0.4, 0.5) is 0 Å². The highest BCUT2D eigenvalue weighted by Crippen LogP contribution is 2.32. The first kappa shape index (κ1) is 15.4. The molecule has 3 aromatic rings. The lowest BCUT2D eigenvalue weighted by Crippen LogP contribution is -2.10. The van der Waals surface area contributed by atoms with E-state index in [9.17, 15) is 0 Å². The molecule has 120 valence electrons. The molecule has 0 unspecified atom stereocenters. The average molecular weight is 357 g/mol. The number of aryl methyl sites for hydroxylation is 2. The maximum Gasteiger partial charge on any atom is 0.159 e. The van der Waals surface area contributed by atoms with E-state index in [4.69, 9.17) is 28.2 Å². The number of aromatic nitrogens is 3. The van der Waals surface area contributed by atoms with Gasteiger partial charge in [-0.15, -0.1) is 10.2 Å². The van der Waals surface area contributed by atoms with Crippen molar-refractivity contribution in [1.29, 1.82) is 0 Å². The van der Waals surface area contributed by atoms with Gasteiger partial charge < -0.3 is 0 Å². The van der Waals surface area contributed by atoms with Crippen molar-refractivity contribution >= 4 is 28.9 Å². The number of aliphatic imine (C=N–C) groups is 1. The lowest BCUT2D eigenvalue weighted by atomic mass is 9.98. The molecule has 0 saturated carbocycles. The lowest BCUT2D eigenvalue weighted by molar-refractivity contribution is 0.858. The van der Waals surface area contributed by atoms with Crippen molar-refractivity contribution in [1.82, 2.24) is 14.8 Å². The van der Waals surface area contributed by atoms with Crippen LogP contribution in [0.3, 0.4) is 0 Å². The van der Waals surface area contributed by atoms with Gasteiger partial charge in [-0.05, 0) is 37.6 Å². The first-order valence-corrected chi connectivity index (χ1v) is 8.33. The van der Waals surface area contributed by atoms with Gasteiger partial charge >= 0.3 is 0 Å². The molecule has 2 aromatic carbocycles. The van der Waals surface area contributed by atoms with E-state index in [0.717, 1.165) is 39.7 Å². The van der Waals surface area contributed by atoms with Crippen molar-refractivity contribution in [2.45, 2.75) is 20.4 Å². The number of benzene rings is 2. The Morgan fingerprint density at radius 2 is 1.79 bits per heavy atom. The molecule has 0 bridgehead atoms. The van der Waals surface area contributed by atoms with E-state index >= 15 is 0 Å². The van der Waals surface area contributed by atoms with Gasteiger partial charge in [0.1, 0.15) is 12.4 Å². The Kier molecular flexibility index (Phi) is 3.66. The molecule has 1 aromatic heterocycles. The molecule has 0 saturated heterocycles. The highest BCUT2D eigenvalue weighted by atomic mass is 35.5. The molecule has 0 radical (unpaired) electrons. The van der Waals surface area contributed by atoms with Crippen molar-refractivity contribution < 1.29 is 0 Å². The summed E-state index contributed by atoms with van der Waals surface area (Å²) in [7, 11) is 0. The standard InChI is InChI=1S/C18H14Cl2N4/c1-10-7-12(19)8-14-17(13-5-3-4-6-15(13)20)21-9-16-23-22-11(2)24(16)18(10)14/h3-8H,9H2,1-2H3. The molecule has 6 heteroatoms. The summed E-state index contributed by atoms with van der Waals surface area (Å²) < 4.78 is 2.05. The Bertz CT molecular complexity index is 989. The van der Waals surface area contributed by atoms with E-state index in [1.165, 1.54) is 0 Å². The fraction of sp³-hybridized carbons (Fsp3) is 0.167. The van der Waals surface area contributed by atoms with Gasteiger partial charge in [-0.2, -0.15) is 0 Å². The van der Waals surface area contributed by atoms with Crippen LogP contribution in [0.2, 0.25) is 10.0 Å². The monoisotopic (exact) mass is 356 g/mol. The number of fused-ring (bicyclic) bond motifs is 3. The first-order valence-electron chi connectivity index (χ1n) is 7.57. The fourth-order valence-electron chi connectivity index (χ4n) is 3.13. The van der Waals surface area contributed by atoms with Crippen molar-refractivity contribution in [2.24, 2.45) is 4.99 Å². The summed E-state index contributed by atoms with van der Waals surface area (Å²) in [5.74, 6) is 1.63. The Balaban J connectivity index is 2.07. The molecule has 1 aliphatic rings. The Hall–Kier alpha value is -2.17. The van der Waals surface area contributed by atoms with Gasteiger partial charge in [0.15, 0.2) is 5.82 Å². The zero-order valence-corrected chi connectivity index (χ0v) is 14.7. The highest BCUT2D eigenvalue weighted by molar-refractivity contribution is 6.36. The molecule has 4 nitrogen and oxygen atoms in total. The molecule has 2 heterocycles. The zero-order valence-electron chi connectivity index (χ0n) is 13.2. The molecule has 0 N–H and O–H groups in total. The van der Waals surface area contributed by atoms with Gasteiger partial charge in [-0.25, -0.2) is 0 Å². The summed E-state index contributed by atoms with van der Waals surface area (Å²) >= 11 is 12.8. The topological polar surface area (TPSA) is 43.1 Å². The predicted molar refractivity (Wildman–Crippen MR) is 96.6 cm³/mol. The van der Waals surface area contributed by atoms with Crippen LogP contribution in [0.25, 0.3) is 5.69 Å². The number of hydrogen-bond donors (Lipinski definition) is 0. The molecule has 0 fully saturated rings. The third kappa shape index (κ3) is 2.34. The third-order valence-corrected chi connectivity index (χ3v) is 4.69. The second-order valence-electron chi connectivity index (χ2n) is 5.76. The molecule has 0 spiro atoms. The van der Waals surface area contributed by atoms with Gasteiger partial charge in [-0.3, -0.25) is 9.56 Å².